The second-order valence-corrected chi connectivity index (χ2v) is 16.0. The Labute approximate surface area is 157 Å². The molecule has 6 atom stereocenters. The van der Waals surface area contributed by atoms with Gasteiger partial charge in [0.15, 0.2) is 8.32 Å². The molecule has 0 aromatic heterocycles. The van der Waals surface area contributed by atoms with Crippen LogP contribution in [-0.4, -0.2) is 27.6 Å². The Kier molecular flexibility index (Phi) is 4.44. The first-order valence-corrected chi connectivity index (χ1v) is 13.4. The van der Waals surface area contributed by atoms with E-state index in [2.05, 4.69) is 61.6 Å². The van der Waals surface area contributed by atoms with Crippen LogP contribution in [0.4, 0.5) is 0 Å². The molecule has 2 nitrogen and oxygen atoms in total. The minimum Gasteiger partial charge on any atom is -0.420 e. The van der Waals surface area contributed by atoms with E-state index in [-0.39, 0.29) is 15.9 Å². The zero-order valence-electron chi connectivity index (χ0n) is 18.5. The first-order chi connectivity index (χ1) is 11.2. The van der Waals surface area contributed by atoms with Crippen LogP contribution in [0.1, 0.15) is 74.1 Å². The van der Waals surface area contributed by atoms with Crippen LogP contribution in [0.3, 0.4) is 0 Å². The van der Waals surface area contributed by atoms with Crippen molar-refractivity contribution >= 4 is 8.32 Å². The summed E-state index contributed by atoms with van der Waals surface area (Å²) in [5.74, 6) is 1.55. The molecule has 2 saturated carbocycles. The summed E-state index contributed by atoms with van der Waals surface area (Å²) in [7, 11) is 0.143. The van der Waals surface area contributed by atoms with Crippen molar-refractivity contribution in [2.24, 2.45) is 28.1 Å². The Bertz CT molecular complexity index is 540. The average Bonchev–Trinajstić information content (AvgIpc) is 3.29. The summed E-state index contributed by atoms with van der Waals surface area (Å²) in [4.78, 5) is 0. The van der Waals surface area contributed by atoms with Gasteiger partial charge in [0.2, 0.25) is 0 Å². The molecule has 0 N–H and O–H groups in total. The SMILES string of the molecule is CO[Si](C)(C)C1(C)CC(C)(C(C)C2CCC3OC3C2)C(C)(C)C1(C)C. The van der Waals surface area contributed by atoms with Gasteiger partial charge in [-0.3, -0.25) is 0 Å². The van der Waals surface area contributed by atoms with Gasteiger partial charge in [-0.15, -0.1) is 0 Å². The van der Waals surface area contributed by atoms with Crippen molar-refractivity contribution in [3.05, 3.63) is 0 Å². The van der Waals surface area contributed by atoms with Gasteiger partial charge in [-0.2, -0.15) is 0 Å². The number of hydrogen-bond donors (Lipinski definition) is 0. The molecular formula is C22H42O2Si. The molecule has 0 aromatic carbocycles. The van der Waals surface area contributed by atoms with Crippen LogP contribution in [-0.2, 0) is 9.16 Å². The van der Waals surface area contributed by atoms with E-state index in [1.165, 1.54) is 25.7 Å². The average molecular weight is 367 g/mol. The van der Waals surface area contributed by atoms with Gasteiger partial charge in [0.25, 0.3) is 0 Å². The van der Waals surface area contributed by atoms with Gasteiger partial charge < -0.3 is 9.16 Å². The summed E-state index contributed by atoms with van der Waals surface area (Å²) in [6, 6.07) is 0. The van der Waals surface area contributed by atoms with Gasteiger partial charge in [-0.1, -0.05) is 48.5 Å². The predicted octanol–water partition coefficient (Wildman–Crippen LogP) is 6.26. The molecule has 0 spiro atoms. The monoisotopic (exact) mass is 366 g/mol. The smallest absolute Gasteiger partial charge is 0.192 e. The van der Waals surface area contributed by atoms with Gasteiger partial charge in [0, 0.05) is 7.11 Å². The normalized spacial score (nSPS) is 46.6. The van der Waals surface area contributed by atoms with Gasteiger partial charge in [0.1, 0.15) is 0 Å². The second kappa shape index (κ2) is 5.58. The lowest BCUT2D eigenvalue weighted by Crippen LogP contribution is -2.51. The molecule has 1 aliphatic heterocycles. The number of hydrogen-bond acceptors (Lipinski definition) is 2. The van der Waals surface area contributed by atoms with Crippen molar-refractivity contribution in [3.63, 3.8) is 0 Å². The maximum atomic E-state index is 6.21. The van der Waals surface area contributed by atoms with Crippen LogP contribution in [0.15, 0.2) is 0 Å². The predicted molar refractivity (Wildman–Crippen MR) is 108 cm³/mol. The molecule has 3 rings (SSSR count). The number of rotatable bonds is 4. The summed E-state index contributed by atoms with van der Waals surface area (Å²) in [6.45, 7) is 22.7. The van der Waals surface area contributed by atoms with Crippen LogP contribution in [0.2, 0.25) is 18.1 Å². The van der Waals surface area contributed by atoms with Crippen LogP contribution in [0, 0.1) is 28.1 Å². The first kappa shape index (κ1) is 19.9. The number of ether oxygens (including phenoxy) is 1. The first-order valence-electron chi connectivity index (χ1n) is 10.5. The highest BCUT2D eigenvalue weighted by molar-refractivity contribution is 6.74. The van der Waals surface area contributed by atoms with Crippen molar-refractivity contribution in [2.45, 2.75) is 104 Å². The number of fused-ring (bicyclic) bond motifs is 1. The third-order valence-electron chi connectivity index (χ3n) is 10.7. The molecule has 0 aromatic rings. The molecule has 0 amide bonds. The molecule has 1 heterocycles. The van der Waals surface area contributed by atoms with E-state index < -0.39 is 8.32 Å². The van der Waals surface area contributed by atoms with Crippen molar-refractivity contribution in [1.29, 1.82) is 0 Å². The zero-order chi connectivity index (χ0) is 19.1. The van der Waals surface area contributed by atoms with Crippen molar-refractivity contribution < 1.29 is 9.16 Å². The fraction of sp³-hybridized carbons (Fsp3) is 1.00. The molecule has 3 fully saturated rings. The summed E-state index contributed by atoms with van der Waals surface area (Å²) in [5, 5.41) is 0.272. The third-order valence-corrected chi connectivity index (χ3v) is 15.2. The van der Waals surface area contributed by atoms with Gasteiger partial charge in [-0.25, -0.2) is 0 Å². The highest BCUT2D eigenvalue weighted by atomic mass is 28.4. The Hall–Kier alpha value is 0.137. The minimum atomic E-state index is -1.81. The molecule has 0 bridgehead atoms. The molecule has 146 valence electrons. The Balaban J connectivity index is 1.97. The molecule has 0 radical (unpaired) electrons. The summed E-state index contributed by atoms with van der Waals surface area (Å²) in [6.07, 6.45) is 6.41. The summed E-state index contributed by atoms with van der Waals surface area (Å²) in [5.41, 5.74) is 0.862. The highest BCUT2D eigenvalue weighted by Gasteiger charge is 2.72. The summed E-state index contributed by atoms with van der Waals surface area (Å²) >= 11 is 0. The molecule has 25 heavy (non-hydrogen) atoms. The fourth-order valence-electron chi connectivity index (χ4n) is 6.91. The van der Waals surface area contributed by atoms with Crippen LogP contribution < -0.4 is 0 Å². The van der Waals surface area contributed by atoms with E-state index in [4.69, 9.17) is 9.16 Å². The lowest BCUT2D eigenvalue weighted by molar-refractivity contribution is -0.0315. The minimum absolute atomic E-state index is 0.252. The van der Waals surface area contributed by atoms with E-state index in [1.54, 1.807) is 0 Å². The van der Waals surface area contributed by atoms with Gasteiger partial charge in [0.05, 0.1) is 12.2 Å². The third kappa shape index (κ3) is 2.40. The van der Waals surface area contributed by atoms with E-state index >= 15 is 0 Å². The van der Waals surface area contributed by atoms with Crippen LogP contribution in [0.5, 0.6) is 0 Å². The largest absolute Gasteiger partial charge is 0.420 e. The molecule has 3 aliphatic rings. The molecule has 2 aliphatic carbocycles. The van der Waals surface area contributed by atoms with E-state index in [0.717, 1.165) is 11.8 Å². The zero-order valence-corrected chi connectivity index (χ0v) is 19.5. The van der Waals surface area contributed by atoms with Crippen LogP contribution in [0.25, 0.3) is 0 Å². The van der Waals surface area contributed by atoms with Gasteiger partial charge >= 0.3 is 0 Å². The molecule has 1 saturated heterocycles. The molecule has 3 heteroatoms. The van der Waals surface area contributed by atoms with Gasteiger partial charge in [-0.05, 0) is 71.9 Å². The molecule has 6 unspecified atom stereocenters. The summed E-state index contributed by atoms with van der Waals surface area (Å²) < 4.78 is 12.1. The quantitative estimate of drug-likeness (QED) is 0.432. The second-order valence-electron chi connectivity index (χ2n) is 11.5. The fourth-order valence-corrected chi connectivity index (χ4v) is 9.97. The molecular weight excluding hydrogens is 324 g/mol. The standard InChI is InChI=1S/C22H42O2Si/c1-15(16-11-12-17-18(13-16)24-17)21(6)14-22(7,25(9,10)23-8)20(4,5)19(21,2)3/h15-18H,11-14H2,1-10H3. The lowest BCUT2D eigenvalue weighted by atomic mass is 9.53. The van der Waals surface area contributed by atoms with Crippen LogP contribution >= 0.6 is 0 Å². The van der Waals surface area contributed by atoms with E-state index in [1.807, 2.05) is 7.11 Å². The Morgan fingerprint density at radius 1 is 0.960 bits per heavy atom. The van der Waals surface area contributed by atoms with Crippen molar-refractivity contribution in [1.82, 2.24) is 0 Å². The van der Waals surface area contributed by atoms with E-state index in [0.29, 0.717) is 17.6 Å². The maximum Gasteiger partial charge on any atom is 0.192 e. The topological polar surface area (TPSA) is 21.8 Å². The highest BCUT2D eigenvalue weighted by Crippen LogP contribution is 2.78. The van der Waals surface area contributed by atoms with Crippen molar-refractivity contribution in [2.75, 3.05) is 7.11 Å². The van der Waals surface area contributed by atoms with Crippen molar-refractivity contribution in [3.8, 4) is 0 Å². The number of epoxide rings is 1. The maximum absolute atomic E-state index is 6.21. The Morgan fingerprint density at radius 2 is 1.56 bits per heavy atom. The lowest BCUT2D eigenvalue weighted by Gasteiger charge is -2.54. The Morgan fingerprint density at radius 3 is 2.08 bits per heavy atom. The van der Waals surface area contributed by atoms with E-state index in [9.17, 15) is 0 Å².